The third-order valence-corrected chi connectivity index (χ3v) is 4.02. The highest BCUT2D eigenvalue weighted by Crippen LogP contribution is 2.29. The molecule has 2 fully saturated rings. The van der Waals surface area contributed by atoms with Gasteiger partial charge in [0.1, 0.15) is 0 Å². The molecule has 0 spiro atoms. The molecule has 0 aromatic heterocycles. The van der Waals surface area contributed by atoms with Crippen LogP contribution < -0.4 is 10.6 Å². The summed E-state index contributed by atoms with van der Waals surface area (Å²) in [5.74, 6) is 0. The van der Waals surface area contributed by atoms with Gasteiger partial charge in [0.15, 0.2) is 0 Å². The van der Waals surface area contributed by atoms with Gasteiger partial charge in [-0.05, 0) is 53.9 Å². The predicted molar refractivity (Wildman–Crippen MR) is 71.3 cm³/mol. The first kappa shape index (κ1) is 13.3. The van der Waals surface area contributed by atoms with Gasteiger partial charge in [-0.15, -0.1) is 0 Å². The molecule has 2 atom stereocenters. The Morgan fingerprint density at radius 3 is 2.18 bits per heavy atom. The van der Waals surface area contributed by atoms with Gasteiger partial charge in [-0.25, -0.2) is 0 Å². The molecule has 0 saturated carbocycles. The van der Waals surface area contributed by atoms with Crippen molar-refractivity contribution in [2.75, 3.05) is 6.61 Å². The second kappa shape index (κ2) is 4.52. The molecule has 2 heterocycles. The van der Waals surface area contributed by atoms with Crippen molar-refractivity contribution in [2.24, 2.45) is 0 Å². The Labute approximate surface area is 106 Å². The normalized spacial score (nSPS) is 37.2. The van der Waals surface area contributed by atoms with E-state index in [9.17, 15) is 0 Å². The minimum Gasteiger partial charge on any atom is -0.377 e. The highest BCUT2D eigenvalue weighted by Gasteiger charge is 2.39. The Bertz CT molecular complexity index is 259. The van der Waals surface area contributed by atoms with Crippen LogP contribution in [0.15, 0.2) is 0 Å². The summed E-state index contributed by atoms with van der Waals surface area (Å²) in [6.07, 6.45) is 3.92. The van der Waals surface area contributed by atoms with Crippen molar-refractivity contribution >= 4 is 0 Å². The fourth-order valence-electron chi connectivity index (χ4n) is 3.69. The zero-order valence-electron chi connectivity index (χ0n) is 12.0. The van der Waals surface area contributed by atoms with Gasteiger partial charge >= 0.3 is 0 Å². The Hall–Kier alpha value is -0.120. The first-order valence-electron chi connectivity index (χ1n) is 6.94. The van der Waals surface area contributed by atoms with Gasteiger partial charge in [0.25, 0.3) is 0 Å². The maximum absolute atomic E-state index is 5.63. The number of hydrogen-bond donors (Lipinski definition) is 2. The number of ether oxygens (including phenoxy) is 1. The summed E-state index contributed by atoms with van der Waals surface area (Å²) >= 11 is 0. The third-order valence-electron chi connectivity index (χ3n) is 4.02. The summed E-state index contributed by atoms with van der Waals surface area (Å²) in [4.78, 5) is 0. The molecule has 0 aromatic rings. The second-order valence-electron chi connectivity index (χ2n) is 7.14. The fourth-order valence-corrected chi connectivity index (χ4v) is 3.69. The van der Waals surface area contributed by atoms with Gasteiger partial charge in [0.2, 0.25) is 0 Å². The molecule has 2 aliphatic rings. The zero-order chi connectivity index (χ0) is 12.7. The summed E-state index contributed by atoms with van der Waals surface area (Å²) in [7, 11) is 0. The molecule has 100 valence electrons. The van der Waals surface area contributed by atoms with E-state index in [-0.39, 0.29) is 11.1 Å². The summed E-state index contributed by atoms with van der Waals surface area (Å²) in [6.45, 7) is 12.3. The Morgan fingerprint density at radius 2 is 1.71 bits per heavy atom. The molecule has 2 N–H and O–H groups in total. The smallest absolute Gasteiger partial charge is 0.0700 e. The van der Waals surface area contributed by atoms with Crippen LogP contribution in [-0.4, -0.2) is 35.9 Å². The van der Waals surface area contributed by atoms with Crippen molar-refractivity contribution in [1.29, 1.82) is 0 Å². The number of hydrogen-bond acceptors (Lipinski definition) is 3. The van der Waals surface area contributed by atoms with Crippen LogP contribution in [0.4, 0.5) is 0 Å². The van der Waals surface area contributed by atoms with E-state index >= 15 is 0 Å². The number of rotatable bonds is 2. The van der Waals surface area contributed by atoms with Gasteiger partial charge in [-0.1, -0.05) is 0 Å². The molecule has 2 saturated heterocycles. The molecule has 0 radical (unpaired) electrons. The molecule has 17 heavy (non-hydrogen) atoms. The molecular weight excluding hydrogens is 212 g/mol. The van der Waals surface area contributed by atoms with Gasteiger partial charge in [0, 0.05) is 29.8 Å². The van der Waals surface area contributed by atoms with E-state index in [2.05, 4.69) is 45.3 Å². The molecule has 0 aromatic carbocycles. The van der Waals surface area contributed by atoms with E-state index in [4.69, 9.17) is 4.74 Å². The van der Waals surface area contributed by atoms with Gasteiger partial charge < -0.3 is 15.4 Å². The molecule has 0 bridgehead atoms. The topological polar surface area (TPSA) is 33.3 Å². The van der Waals surface area contributed by atoms with Crippen LogP contribution in [0, 0.1) is 0 Å². The molecule has 0 amide bonds. The molecule has 2 aliphatic heterocycles. The largest absolute Gasteiger partial charge is 0.377 e. The molecule has 3 nitrogen and oxygen atoms in total. The van der Waals surface area contributed by atoms with Gasteiger partial charge in [-0.2, -0.15) is 0 Å². The summed E-state index contributed by atoms with van der Waals surface area (Å²) < 4.78 is 5.63. The monoisotopic (exact) mass is 240 g/mol. The maximum atomic E-state index is 5.63. The number of nitrogens with one attached hydrogen (secondary N) is 2. The Morgan fingerprint density at radius 1 is 1.12 bits per heavy atom. The van der Waals surface area contributed by atoms with Crippen molar-refractivity contribution in [3.05, 3.63) is 0 Å². The van der Waals surface area contributed by atoms with Crippen LogP contribution in [0.3, 0.4) is 0 Å². The van der Waals surface area contributed by atoms with Crippen LogP contribution in [0.5, 0.6) is 0 Å². The molecule has 3 heteroatoms. The van der Waals surface area contributed by atoms with E-state index in [0.29, 0.717) is 18.2 Å². The minimum atomic E-state index is 0.224. The first-order valence-corrected chi connectivity index (χ1v) is 6.94. The van der Waals surface area contributed by atoms with Crippen LogP contribution in [0.2, 0.25) is 0 Å². The van der Waals surface area contributed by atoms with Crippen LogP contribution in [0.25, 0.3) is 0 Å². The highest BCUT2D eigenvalue weighted by molar-refractivity contribution is 5.00. The van der Waals surface area contributed by atoms with E-state index in [1.54, 1.807) is 0 Å². The van der Waals surface area contributed by atoms with Gasteiger partial charge in [0.05, 0.1) is 6.10 Å². The quantitative estimate of drug-likeness (QED) is 0.775. The van der Waals surface area contributed by atoms with E-state index in [1.165, 1.54) is 12.8 Å². The van der Waals surface area contributed by atoms with Crippen LogP contribution in [0.1, 0.15) is 53.9 Å². The third kappa shape index (κ3) is 3.43. The minimum absolute atomic E-state index is 0.224. The van der Waals surface area contributed by atoms with E-state index in [0.717, 1.165) is 13.0 Å². The lowest BCUT2D eigenvalue weighted by molar-refractivity contribution is 0.0967. The molecule has 2 unspecified atom stereocenters. The first-order chi connectivity index (χ1) is 7.77. The van der Waals surface area contributed by atoms with E-state index in [1.807, 2.05) is 0 Å². The van der Waals surface area contributed by atoms with Crippen molar-refractivity contribution in [3.8, 4) is 0 Å². The second-order valence-corrected chi connectivity index (χ2v) is 7.14. The zero-order valence-corrected chi connectivity index (χ0v) is 12.0. The van der Waals surface area contributed by atoms with Crippen molar-refractivity contribution in [2.45, 2.75) is 83.1 Å². The standard InChI is InChI=1S/C14H28N2O/c1-10-12(6-7-17-10)15-11-8-13(2,3)16-14(4,5)9-11/h10-12,15-16H,6-9H2,1-5H3. The predicted octanol–water partition coefficient (Wildman–Crippen LogP) is 2.06. The average Bonchev–Trinajstić information content (AvgIpc) is 2.45. The summed E-state index contributed by atoms with van der Waals surface area (Å²) in [6, 6.07) is 1.15. The lowest BCUT2D eigenvalue weighted by Gasteiger charge is -2.47. The maximum Gasteiger partial charge on any atom is 0.0700 e. The van der Waals surface area contributed by atoms with Crippen LogP contribution >= 0.6 is 0 Å². The van der Waals surface area contributed by atoms with Gasteiger partial charge in [-0.3, -0.25) is 0 Å². The Kier molecular flexibility index (Phi) is 3.54. The van der Waals surface area contributed by atoms with Crippen LogP contribution in [-0.2, 0) is 4.74 Å². The average molecular weight is 240 g/mol. The Balaban J connectivity index is 1.96. The van der Waals surface area contributed by atoms with Crippen molar-refractivity contribution in [1.82, 2.24) is 10.6 Å². The molecule has 2 rings (SSSR count). The summed E-state index contributed by atoms with van der Waals surface area (Å²) in [5, 5.41) is 7.54. The highest BCUT2D eigenvalue weighted by atomic mass is 16.5. The summed E-state index contributed by atoms with van der Waals surface area (Å²) in [5.41, 5.74) is 0.449. The molecular formula is C14H28N2O. The SMILES string of the molecule is CC1OCCC1NC1CC(C)(C)NC(C)(C)C1. The molecule has 0 aliphatic carbocycles. The van der Waals surface area contributed by atoms with Crippen molar-refractivity contribution in [3.63, 3.8) is 0 Å². The van der Waals surface area contributed by atoms with Crippen molar-refractivity contribution < 1.29 is 4.74 Å². The lowest BCUT2D eigenvalue weighted by Crippen LogP contribution is -2.62. The lowest BCUT2D eigenvalue weighted by atomic mass is 9.79. The van der Waals surface area contributed by atoms with E-state index < -0.39 is 0 Å². The number of piperidine rings is 1. The fraction of sp³-hybridized carbons (Fsp3) is 1.00.